The molecule has 1 amide bonds. The first-order valence-electron chi connectivity index (χ1n) is 31.9. The lowest BCUT2D eigenvalue weighted by Gasteiger charge is -2.22. The van der Waals surface area contributed by atoms with E-state index < -0.39 is 12.1 Å². The Morgan fingerprint density at radius 1 is 0.386 bits per heavy atom. The van der Waals surface area contributed by atoms with Gasteiger partial charge in [0.05, 0.1) is 25.4 Å². The van der Waals surface area contributed by atoms with Gasteiger partial charge < -0.3 is 20.3 Å². The van der Waals surface area contributed by atoms with Crippen molar-refractivity contribution in [1.29, 1.82) is 0 Å². The topological polar surface area (TPSA) is 95.9 Å². The second kappa shape index (κ2) is 60.2. The molecule has 0 aliphatic rings. The van der Waals surface area contributed by atoms with Gasteiger partial charge in [0.25, 0.3) is 0 Å². The van der Waals surface area contributed by atoms with E-state index in [-0.39, 0.29) is 18.5 Å². The molecule has 6 heteroatoms. The molecule has 0 spiro atoms. The van der Waals surface area contributed by atoms with E-state index in [4.69, 9.17) is 4.74 Å². The number of aliphatic hydroxyl groups is 2. The summed E-state index contributed by atoms with van der Waals surface area (Å²) >= 11 is 0. The molecule has 0 aromatic carbocycles. The molecule has 3 N–H and O–H groups in total. The van der Waals surface area contributed by atoms with Gasteiger partial charge in [-0.3, -0.25) is 9.59 Å². The number of nitrogens with one attached hydrogen (secondary N) is 1. The van der Waals surface area contributed by atoms with Gasteiger partial charge in [-0.05, 0) is 51.4 Å². The summed E-state index contributed by atoms with van der Waals surface area (Å²) in [5.74, 6) is -0.0202. The Morgan fingerprint density at radius 2 is 0.671 bits per heavy atom. The van der Waals surface area contributed by atoms with Crippen LogP contribution in [0.1, 0.15) is 361 Å². The number of ether oxygens (including phenoxy) is 1. The number of allylic oxidation sites excluding steroid dienone is 2. The SMILES string of the molecule is CCCCCCCCCCCCCCCCCCCCCC(=O)OCCCCCCCCCCCCCC/C=C\CCCCCCCCCCCC(=O)NC(CO)C(O)CCCCCCCCCCC. The Kier molecular flexibility index (Phi) is 59.0. The molecule has 0 fully saturated rings. The summed E-state index contributed by atoms with van der Waals surface area (Å²) in [6.45, 7) is 4.96. The molecule has 0 saturated heterocycles. The zero-order valence-electron chi connectivity index (χ0n) is 47.5. The van der Waals surface area contributed by atoms with Crippen LogP contribution in [0.3, 0.4) is 0 Å². The monoisotopic (exact) mass is 988 g/mol. The molecule has 0 aliphatic carbocycles. The van der Waals surface area contributed by atoms with Crippen LogP contribution in [0.25, 0.3) is 0 Å². The summed E-state index contributed by atoms with van der Waals surface area (Å²) < 4.78 is 5.51. The Labute approximate surface area is 438 Å². The van der Waals surface area contributed by atoms with Crippen molar-refractivity contribution < 1.29 is 24.5 Å². The number of carbonyl (C=O) groups excluding carboxylic acids is 2. The molecule has 2 unspecified atom stereocenters. The molecule has 0 rings (SSSR count). The van der Waals surface area contributed by atoms with E-state index in [1.54, 1.807) is 0 Å². The Balaban J connectivity index is 3.33. The summed E-state index contributed by atoms with van der Waals surface area (Å²) in [6, 6.07) is -0.541. The summed E-state index contributed by atoms with van der Waals surface area (Å²) in [5, 5.41) is 23.1. The minimum Gasteiger partial charge on any atom is -0.466 e. The first-order chi connectivity index (χ1) is 34.5. The third-order valence-corrected chi connectivity index (χ3v) is 15.1. The summed E-state index contributed by atoms with van der Waals surface area (Å²) in [6.07, 6.45) is 72.5. The zero-order chi connectivity index (χ0) is 50.7. The van der Waals surface area contributed by atoms with Crippen LogP contribution in [0.4, 0.5) is 0 Å². The fourth-order valence-corrected chi connectivity index (χ4v) is 10.2. The van der Waals surface area contributed by atoms with Crippen LogP contribution in [0.2, 0.25) is 0 Å². The largest absolute Gasteiger partial charge is 0.466 e. The number of aliphatic hydroxyl groups excluding tert-OH is 2. The van der Waals surface area contributed by atoms with Gasteiger partial charge in [0.1, 0.15) is 0 Å². The van der Waals surface area contributed by atoms with Crippen molar-refractivity contribution in [2.24, 2.45) is 0 Å². The maximum atomic E-state index is 12.4. The number of carbonyl (C=O) groups is 2. The van der Waals surface area contributed by atoms with Gasteiger partial charge in [-0.25, -0.2) is 0 Å². The van der Waals surface area contributed by atoms with Crippen molar-refractivity contribution in [3.8, 4) is 0 Å². The molecule has 6 nitrogen and oxygen atoms in total. The lowest BCUT2D eigenvalue weighted by molar-refractivity contribution is -0.143. The number of unbranched alkanes of at least 4 members (excludes halogenated alkanes) is 47. The summed E-state index contributed by atoms with van der Waals surface area (Å²) in [4.78, 5) is 24.5. The molecule has 70 heavy (non-hydrogen) atoms. The quantitative estimate of drug-likeness (QED) is 0.0321. The molecule has 0 bridgehead atoms. The molecule has 0 saturated carbocycles. The van der Waals surface area contributed by atoms with E-state index >= 15 is 0 Å². The maximum Gasteiger partial charge on any atom is 0.305 e. The van der Waals surface area contributed by atoms with E-state index in [0.29, 0.717) is 25.9 Å². The third kappa shape index (κ3) is 55.9. The van der Waals surface area contributed by atoms with Gasteiger partial charge in [0, 0.05) is 12.8 Å². The smallest absolute Gasteiger partial charge is 0.305 e. The highest BCUT2D eigenvalue weighted by molar-refractivity contribution is 5.76. The van der Waals surface area contributed by atoms with Crippen molar-refractivity contribution in [2.75, 3.05) is 13.2 Å². The molecule has 0 aromatic heterocycles. The van der Waals surface area contributed by atoms with Crippen LogP contribution in [-0.2, 0) is 14.3 Å². The Bertz CT molecular complexity index is 1050. The lowest BCUT2D eigenvalue weighted by Crippen LogP contribution is -2.45. The van der Waals surface area contributed by atoms with E-state index in [2.05, 4.69) is 31.3 Å². The van der Waals surface area contributed by atoms with Crippen LogP contribution in [-0.4, -0.2) is 47.4 Å². The van der Waals surface area contributed by atoms with Gasteiger partial charge in [0.2, 0.25) is 5.91 Å². The first-order valence-corrected chi connectivity index (χ1v) is 31.9. The third-order valence-electron chi connectivity index (χ3n) is 15.1. The fourth-order valence-electron chi connectivity index (χ4n) is 10.2. The molecule has 2 atom stereocenters. The highest BCUT2D eigenvalue weighted by Crippen LogP contribution is 2.18. The second-order valence-electron chi connectivity index (χ2n) is 22.1. The van der Waals surface area contributed by atoms with Crippen molar-refractivity contribution in [1.82, 2.24) is 5.32 Å². The highest BCUT2D eigenvalue weighted by Gasteiger charge is 2.20. The Morgan fingerprint density at radius 3 is 1.01 bits per heavy atom. The lowest BCUT2D eigenvalue weighted by atomic mass is 10.0. The zero-order valence-corrected chi connectivity index (χ0v) is 47.5. The van der Waals surface area contributed by atoms with E-state index in [0.717, 1.165) is 38.5 Å². The molecule has 416 valence electrons. The van der Waals surface area contributed by atoms with Crippen molar-refractivity contribution >= 4 is 11.9 Å². The van der Waals surface area contributed by atoms with E-state index in [1.165, 1.54) is 289 Å². The molecular weight excluding hydrogens is 863 g/mol. The standard InChI is InChI=1S/C64H125NO5/c1-3-5-7-9-11-13-14-15-16-17-25-29-32-35-38-42-46-50-54-58-64(69)70-59-55-51-47-43-39-36-33-30-27-24-22-20-18-19-21-23-26-28-31-34-37-41-45-49-53-57-63(68)65-61(60-66)62(67)56-52-48-44-40-12-10-8-6-4-2/h19,21,61-62,66-67H,3-18,20,22-60H2,1-2H3,(H,65,68)/b21-19-. The number of hydrogen-bond acceptors (Lipinski definition) is 5. The van der Waals surface area contributed by atoms with Gasteiger partial charge >= 0.3 is 5.97 Å². The van der Waals surface area contributed by atoms with E-state index in [1.807, 2.05) is 0 Å². The summed E-state index contributed by atoms with van der Waals surface area (Å²) in [5.41, 5.74) is 0. The van der Waals surface area contributed by atoms with Gasteiger partial charge in [-0.15, -0.1) is 0 Å². The Hall–Kier alpha value is -1.40. The van der Waals surface area contributed by atoms with Gasteiger partial charge in [-0.2, -0.15) is 0 Å². The average Bonchev–Trinajstić information content (AvgIpc) is 3.36. The van der Waals surface area contributed by atoms with Crippen LogP contribution < -0.4 is 5.32 Å². The second-order valence-corrected chi connectivity index (χ2v) is 22.1. The van der Waals surface area contributed by atoms with Crippen molar-refractivity contribution in [2.45, 2.75) is 373 Å². The van der Waals surface area contributed by atoms with Crippen LogP contribution in [0.5, 0.6) is 0 Å². The first kappa shape index (κ1) is 68.6. The predicted octanol–water partition coefficient (Wildman–Crippen LogP) is 20.0. The summed E-state index contributed by atoms with van der Waals surface area (Å²) in [7, 11) is 0. The van der Waals surface area contributed by atoms with Crippen LogP contribution >= 0.6 is 0 Å². The van der Waals surface area contributed by atoms with Crippen LogP contribution in [0, 0.1) is 0 Å². The van der Waals surface area contributed by atoms with Gasteiger partial charge in [-0.1, -0.05) is 309 Å². The molecule has 0 heterocycles. The maximum absolute atomic E-state index is 12.4. The van der Waals surface area contributed by atoms with E-state index in [9.17, 15) is 19.8 Å². The van der Waals surface area contributed by atoms with Crippen molar-refractivity contribution in [3.63, 3.8) is 0 Å². The average molecular weight is 989 g/mol. The fraction of sp³-hybridized carbons (Fsp3) is 0.938. The van der Waals surface area contributed by atoms with Crippen LogP contribution in [0.15, 0.2) is 12.2 Å². The predicted molar refractivity (Wildman–Crippen MR) is 306 cm³/mol. The number of amides is 1. The highest BCUT2D eigenvalue weighted by atomic mass is 16.5. The number of esters is 1. The normalized spacial score (nSPS) is 12.6. The molecule has 0 aliphatic heterocycles. The van der Waals surface area contributed by atoms with Gasteiger partial charge in [0.15, 0.2) is 0 Å². The number of hydrogen-bond donors (Lipinski definition) is 3. The van der Waals surface area contributed by atoms with Crippen molar-refractivity contribution in [3.05, 3.63) is 12.2 Å². The minimum absolute atomic E-state index is 0.0188. The number of rotatable bonds is 60. The molecule has 0 aromatic rings. The minimum atomic E-state index is -0.663. The molecular formula is C64H125NO5. The molecule has 0 radical (unpaired) electrons.